The van der Waals surface area contributed by atoms with Gasteiger partial charge in [0.2, 0.25) is 0 Å². The van der Waals surface area contributed by atoms with Gasteiger partial charge >= 0.3 is 0 Å². The van der Waals surface area contributed by atoms with E-state index in [-0.39, 0.29) is 0 Å². The second-order valence-electron chi connectivity index (χ2n) is 9.43. The van der Waals surface area contributed by atoms with E-state index in [0.717, 1.165) is 42.1 Å². The van der Waals surface area contributed by atoms with Gasteiger partial charge in [0.05, 0.1) is 22.8 Å². The lowest BCUT2D eigenvalue weighted by atomic mass is 9.93. The highest BCUT2D eigenvalue weighted by molar-refractivity contribution is 6.42. The van der Waals surface area contributed by atoms with Crippen molar-refractivity contribution in [1.82, 2.24) is 0 Å². The van der Waals surface area contributed by atoms with Crippen molar-refractivity contribution in [3.8, 4) is 0 Å². The molecule has 0 N–H and O–H groups in total. The predicted octanol–water partition coefficient (Wildman–Crippen LogP) is 9.61. The standard InChI is InChI=1S/C31H46N2/c1-8-12-15-26-21-28(19-18-23(26)5)32-25(7)31(11-4)33-29-20-24(6)30(17-14-10-3)27(22-29)16-13-9-2/h18-22H,8-17H2,1-7H3. The monoisotopic (exact) mass is 446 g/mol. The molecule has 0 saturated carbocycles. The molecule has 2 rings (SSSR count). The Labute approximate surface area is 203 Å². The molecule has 0 aliphatic carbocycles. The minimum atomic E-state index is 0.880. The summed E-state index contributed by atoms with van der Waals surface area (Å²) in [6, 6.07) is 11.2. The molecule has 0 bridgehead atoms. The van der Waals surface area contributed by atoms with Crippen LogP contribution in [-0.2, 0) is 19.3 Å². The molecule has 0 heterocycles. The third kappa shape index (κ3) is 8.25. The fourth-order valence-corrected chi connectivity index (χ4v) is 4.43. The smallest absolute Gasteiger partial charge is 0.0639 e. The Kier molecular flexibility index (Phi) is 11.6. The van der Waals surface area contributed by atoms with Gasteiger partial charge in [0, 0.05) is 0 Å². The summed E-state index contributed by atoms with van der Waals surface area (Å²) in [5.74, 6) is 0. The van der Waals surface area contributed by atoms with Crippen LogP contribution in [0.15, 0.2) is 40.3 Å². The number of nitrogens with zero attached hydrogens (tertiary/aromatic N) is 2. The molecule has 0 aliphatic rings. The lowest BCUT2D eigenvalue weighted by molar-refractivity contribution is 0.755. The molecule has 180 valence electrons. The Morgan fingerprint density at radius 3 is 1.91 bits per heavy atom. The summed E-state index contributed by atoms with van der Waals surface area (Å²) in [5, 5.41) is 0. The van der Waals surface area contributed by atoms with E-state index in [9.17, 15) is 0 Å². The van der Waals surface area contributed by atoms with E-state index < -0.39 is 0 Å². The molecule has 2 aromatic carbocycles. The van der Waals surface area contributed by atoms with Crippen LogP contribution in [0.3, 0.4) is 0 Å². The van der Waals surface area contributed by atoms with E-state index in [1.54, 1.807) is 5.56 Å². The molecule has 0 fully saturated rings. The maximum Gasteiger partial charge on any atom is 0.0639 e. The molecule has 0 aromatic heterocycles. The summed E-state index contributed by atoms with van der Waals surface area (Å²) >= 11 is 0. The zero-order valence-electron chi connectivity index (χ0n) is 22.4. The molecule has 0 radical (unpaired) electrons. The zero-order valence-corrected chi connectivity index (χ0v) is 22.4. The first-order valence-electron chi connectivity index (χ1n) is 13.3. The van der Waals surface area contributed by atoms with Crippen LogP contribution in [0.25, 0.3) is 0 Å². The Bertz CT molecular complexity index is 950. The molecule has 0 saturated heterocycles. The van der Waals surface area contributed by atoms with Crippen molar-refractivity contribution in [2.75, 3.05) is 0 Å². The Hall–Kier alpha value is -2.22. The van der Waals surface area contributed by atoms with Crippen LogP contribution in [0.1, 0.15) is 107 Å². The van der Waals surface area contributed by atoms with Gasteiger partial charge in [-0.1, -0.05) is 53.0 Å². The van der Waals surface area contributed by atoms with Crippen LogP contribution in [0.2, 0.25) is 0 Å². The van der Waals surface area contributed by atoms with Gasteiger partial charge in [-0.15, -0.1) is 0 Å². The Balaban J connectivity index is 2.38. The Morgan fingerprint density at radius 1 is 0.667 bits per heavy atom. The van der Waals surface area contributed by atoms with Crippen LogP contribution < -0.4 is 0 Å². The third-order valence-corrected chi connectivity index (χ3v) is 6.58. The van der Waals surface area contributed by atoms with Gasteiger partial charge < -0.3 is 0 Å². The van der Waals surface area contributed by atoms with E-state index in [1.807, 2.05) is 0 Å². The molecule has 2 heteroatoms. The van der Waals surface area contributed by atoms with Crippen LogP contribution in [-0.4, -0.2) is 11.4 Å². The number of unbranched alkanes of at least 4 members (excludes halogenated alkanes) is 3. The normalized spacial score (nSPS) is 12.5. The van der Waals surface area contributed by atoms with E-state index in [1.165, 1.54) is 67.2 Å². The Morgan fingerprint density at radius 2 is 1.27 bits per heavy atom. The van der Waals surface area contributed by atoms with E-state index in [2.05, 4.69) is 78.8 Å². The minimum absolute atomic E-state index is 0.880. The van der Waals surface area contributed by atoms with Gasteiger partial charge in [-0.3, -0.25) is 9.98 Å². The predicted molar refractivity (Wildman–Crippen MR) is 148 cm³/mol. The minimum Gasteiger partial charge on any atom is -0.252 e. The quantitative estimate of drug-likeness (QED) is 0.274. The zero-order chi connectivity index (χ0) is 24.2. The van der Waals surface area contributed by atoms with Gasteiger partial charge in [-0.05, 0) is 118 Å². The van der Waals surface area contributed by atoms with Gasteiger partial charge in [-0.25, -0.2) is 0 Å². The van der Waals surface area contributed by atoms with E-state index in [4.69, 9.17) is 9.98 Å². The summed E-state index contributed by atoms with van der Waals surface area (Å²) in [7, 11) is 0. The fraction of sp³-hybridized carbons (Fsp3) is 0.548. The van der Waals surface area contributed by atoms with Gasteiger partial charge in [-0.2, -0.15) is 0 Å². The van der Waals surface area contributed by atoms with Crippen molar-refractivity contribution in [2.45, 2.75) is 113 Å². The summed E-state index contributed by atoms with van der Waals surface area (Å²) in [6.45, 7) is 15.5. The summed E-state index contributed by atoms with van der Waals surface area (Å²) < 4.78 is 0. The molecule has 0 atom stereocenters. The van der Waals surface area contributed by atoms with Gasteiger partial charge in [0.25, 0.3) is 0 Å². The number of hydrogen-bond donors (Lipinski definition) is 0. The number of rotatable bonds is 13. The number of aryl methyl sites for hydroxylation is 4. The third-order valence-electron chi connectivity index (χ3n) is 6.58. The van der Waals surface area contributed by atoms with Crippen LogP contribution in [0, 0.1) is 13.8 Å². The van der Waals surface area contributed by atoms with Gasteiger partial charge in [0.1, 0.15) is 0 Å². The van der Waals surface area contributed by atoms with Crippen molar-refractivity contribution in [2.24, 2.45) is 9.98 Å². The number of aliphatic imine (C=N–C) groups is 2. The highest BCUT2D eigenvalue weighted by Gasteiger charge is 2.10. The second-order valence-corrected chi connectivity index (χ2v) is 9.43. The topological polar surface area (TPSA) is 24.7 Å². The highest BCUT2D eigenvalue weighted by Crippen LogP contribution is 2.27. The first-order valence-corrected chi connectivity index (χ1v) is 13.3. The average molecular weight is 447 g/mol. The van der Waals surface area contributed by atoms with E-state index in [0.29, 0.717) is 0 Å². The van der Waals surface area contributed by atoms with Crippen LogP contribution in [0.5, 0.6) is 0 Å². The van der Waals surface area contributed by atoms with Crippen LogP contribution in [0.4, 0.5) is 11.4 Å². The lowest BCUT2D eigenvalue weighted by Gasteiger charge is -2.15. The molecule has 0 aliphatic heterocycles. The maximum absolute atomic E-state index is 5.10. The first-order chi connectivity index (χ1) is 15.9. The molecule has 2 aromatic rings. The first kappa shape index (κ1) is 27.0. The summed E-state index contributed by atoms with van der Waals surface area (Å²) in [4.78, 5) is 10.1. The molecular weight excluding hydrogens is 400 g/mol. The van der Waals surface area contributed by atoms with Crippen molar-refractivity contribution >= 4 is 22.8 Å². The molecule has 0 unspecified atom stereocenters. The van der Waals surface area contributed by atoms with Crippen molar-refractivity contribution in [1.29, 1.82) is 0 Å². The van der Waals surface area contributed by atoms with E-state index >= 15 is 0 Å². The van der Waals surface area contributed by atoms with Crippen molar-refractivity contribution in [3.63, 3.8) is 0 Å². The van der Waals surface area contributed by atoms with Crippen molar-refractivity contribution in [3.05, 3.63) is 58.1 Å². The SMILES string of the molecule is CCCCc1cc(N=C(C)C(CC)=Nc2cc(C)c(CCCC)c(CCCC)c2)ccc1C. The fourth-order valence-electron chi connectivity index (χ4n) is 4.43. The molecule has 0 amide bonds. The highest BCUT2D eigenvalue weighted by atomic mass is 14.8. The number of benzene rings is 2. The average Bonchev–Trinajstić information content (AvgIpc) is 2.80. The number of hydrogen-bond acceptors (Lipinski definition) is 2. The molecule has 2 nitrogen and oxygen atoms in total. The molecule has 0 spiro atoms. The summed E-state index contributed by atoms with van der Waals surface area (Å²) in [5.41, 5.74) is 11.4. The molecular formula is C31H46N2. The largest absolute Gasteiger partial charge is 0.252 e. The molecule has 33 heavy (non-hydrogen) atoms. The van der Waals surface area contributed by atoms with Crippen LogP contribution >= 0.6 is 0 Å². The van der Waals surface area contributed by atoms with Gasteiger partial charge in [0.15, 0.2) is 0 Å². The second kappa shape index (κ2) is 14.1. The maximum atomic E-state index is 5.10. The summed E-state index contributed by atoms with van der Waals surface area (Å²) in [6.07, 6.45) is 11.7. The van der Waals surface area contributed by atoms with Crippen molar-refractivity contribution < 1.29 is 0 Å². The lowest BCUT2D eigenvalue weighted by Crippen LogP contribution is -2.08.